The van der Waals surface area contributed by atoms with Crippen molar-refractivity contribution in [2.24, 2.45) is 0 Å². The van der Waals surface area contributed by atoms with Crippen molar-refractivity contribution >= 4 is 35.0 Å². The van der Waals surface area contributed by atoms with Gasteiger partial charge in [-0.15, -0.1) is 10.2 Å². The molecule has 0 bridgehead atoms. The van der Waals surface area contributed by atoms with E-state index < -0.39 is 0 Å². The van der Waals surface area contributed by atoms with Gasteiger partial charge in [-0.2, -0.15) is 0 Å². The zero-order valence-electron chi connectivity index (χ0n) is 19.5. The van der Waals surface area contributed by atoms with Crippen molar-refractivity contribution in [1.29, 1.82) is 0 Å². The van der Waals surface area contributed by atoms with Gasteiger partial charge in [-0.1, -0.05) is 49.3 Å². The molecule has 0 aliphatic heterocycles. The number of methoxy groups -OCH3 is 1. The van der Waals surface area contributed by atoms with Crippen LogP contribution in [0.2, 0.25) is 5.02 Å². The standard InChI is InChI=1S/C24H29ClN4O3S/c1-6-29-22(13-32-21-11-16(4)7-9-18(21)15(2)3)27-28-24(29)33-14-23(30)26-19-12-17(25)8-10-20(19)31-5/h7-12,15H,6,13-14H2,1-5H3,(H,26,30). The molecule has 1 aromatic heterocycles. The molecule has 2 aromatic carbocycles. The Kier molecular flexibility index (Phi) is 8.63. The first-order chi connectivity index (χ1) is 15.8. The molecule has 3 aromatic rings. The molecule has 9 heteroatoms. The number of carbonyl (C=O) groups is 1. The molecule has 0 radical (unpaired) electrons. The Morgan fingerprint density at radius 3 is 2.67 bits per heavy atom. The molecule has 1 N–H and O–H groups in total. The summed E-state index contributed by atoms with van der Waals surface area (Å²) in [7, 11) is 1.54. The Morgan fingerprint density at radius 1 is 1.18 bits per heavy atom. The number of aryl methyl sites for hydroxylation is 1. The zero-order valence-corrected chi connectivity index (χ0v) is 21.1. The number of ether oxygens (including phenoxy) is 2. The average molecular weight is 489 g/mol. The molecule has 1 heterocycles. The first-order valence-corrected chi connectivity index (χ1v) is 12.1. The number of amides is 1. The summed E-state index contributed by atoms with van der Waals surface area (Å²) in [4.78, 5) is 12.5. The van der Waals surface area contributed by atoms with Crippen LogP contribution in [0.15, 0.2) is 41.6 Å². The van der Waals surface area contributed by atoms with Crippen LogP contribution in [0, 0.1) is 6.92 Å². The van der Waals surface area contributed by atoms with E-state index in [-0.39, 0.29) is 11.7 Å². The quantitative estimate of drug-likeness (QED) is 0.369. The van der Waals surface area contributed by atoms with Gasteiger partial charge in [-0.25, -0.2) is 0 Å². The molecule has 176 valence electrons. The number of hydrogen-bond acceptors (Lipinski definition) is 6. The molecule has 0 aliphatic rings. The fourth-order valence-electron chi connectivity index (χ4n) is 3.33. The van der Waals surface area contributed by atoms with Crippen molar-refractivity contribution in [3.63, 3.8) is 0 Å². The molecule has 7 nitrogen and oxygen atoms in total. The number of benzene rings is 2. The van der Waals surface area contributed by atoms with E-state index in [1.54, 1.807) is 25.3 Å². The van der Waals surface area contributed by atoms with Crippen molar-refractivity contribution < 1.29 is 14.3 Å². The van der Waals surface area contributed by atoms with Gasteiger partial charge in [0.05, 0.1) is 18.6 Å². The van der Waals surface area contributed by atoms with E-state index in [1.807, 2.05) is 24.5 Å². The van der Waals surface area contributed by atoms with Crippen LogP contribution < -0.4 is 14.8 Å². The Morgan fingerprint density at radius 2 is 1.97 bits per heavy atom. The van der Waals surface area contributed by atoms with Crippen LogP contribution in [-0.2, 0) is 17.9 Å². The van der Waals surface area contributed by atoms with Gasteiger partial charge in [0.25, 0.3) is 0 Å². The van der Waals surface area contributed by atoms with E-state index in [2.05, 4.69) is 41.5 Å². The Hall–Kier alpha value is -2.71. The number of hydrogen-bond donors (Lipinski definition) is 1. The second kappa shape index (κ2) is 11.4. The van der Waals surface area contributed by atoms with E-state index in [0.717, 1.165) is 16.9 Å². The Bertz CT molecular complexity index is 1120. The number of nitrogens with zero attached hydrogens (tertiary/aromatic N) is 3. The number of aromatic nitrogens is 3. The first kappa shape index (κ1) is 24.9. The van der Waals surface area contributed by atoms with Crippen LogP contribution in [0.4, 0.5) is 5.69 Å². The average Bonchev–Trinajstić information content (AvgIpc) is 3.18. The number of anilines is 1. The van der Waals surface area contributed by atoms with Crippen LogP contribution in [0.25, 0.3) is 0 Å². The molecule has 33 heavy (non-hydrogen) atoms. The van der Waals surface area contributed by atoms with Gasteiger partial charge in [0, 0.05) is 11.6 Å². The number of nitrogens with one attached hydrogen (secondary N) is 1. The number of rotatable bonds is 10. The number of carbonyl (C=O) groups excluding carboxylic acids is 1. The van der Waals surface area contributed by atoms with Gasteiger partial charge < -0.3 is 19.4 Å². The smallest absolute Gasteiger partial charge is 0.234 e. The molecule has 3 rings (SSSR count). The summed E-state index contributed by atoms with van der Waals surface area (Å²) in [6, 6.07) is 11.3. The van der Waals surface area contributed by atoms with Gasteiger partial charge in [0.15, 0.2) is 11.0 Å². The summed E-state index contributed by atoms with van der Waals surface area (Å²) in [5.41, 5.74) is 2.83. The summed E-state index contributed by atoms with van der Waals surface area (Å²) >= 11 is 7.35. The number of thioether (sulfide) groups is 1. The van der Waals surface area contributed by atoms with Gasteiger partial charge in [0.2, 0.25) is 5.91 Å². The van der Waals surface area contributed by atoms with E-state index in [9.17, 15) is 4.79 Å². The van der Waals surface area contributed by atoms with Crippen molar-refractivity contribution in [3.05, 3.63) is 58.4 Å². The molecular formula is C24H29ClN4O3S. The van der Waals surface area contributed by atoms with E-state index >= 15 is 0 Å². The van der Waals surface area contributed by atoms with Gasteiger partial charge in [-0.3, -0.25) is 4.79 Å². The highest BCUT2D eigenvalue weighted by Crippen LogP contribution is 2.29. The Labute approximate surface area is 203 Å². The minimum atomic E-state index is -0.189. The van der Waals surface area contributed by atoms with Gasteiger partial charge in [0.1, 0.15) is 18.1 Å². The lowest BCUT2D eigenvalue weighted by atomic mass is 10.0. The van der Waals surface area contributed by atoms with E-state index in [1.165, 1.54) is 11.8 Å². The lowest BCUT2D eigenvalue weighted by Crippen LogP contribution is -2.15. The topological polar surface area (TPSA) is 78.3 Å². The van der Waals surface area contributed by atoms with Crippen molar-refractivity contribution in [3.8, 4) is 11.5 Å². The highest BCUT2D eigenvalue weighted by molar-refractivity contribution is 7.99. The largest absolute Gasteiger partial charge is 0.495 e. The third-order valence-electron chi connectivity index (χ3n) is 5.03. The predicted molar refractivity (Wildman–Crippen MR) is 133 cm³/mol. The minimum Gasteiger partial charge on any atom is -0.495 e. The zero-order chi connectivity index (χ0) is 24.0. The summed E-state index contributed by atoms with van der Waals surface area (Å²) < 4.78 is 13.4. The maximum absolute atomic E-state index is 12.5. The summed E-state index contributed by atoms with van der Waals surface area (Å²) in [6.45, 7) is 9.32. The summed E-state index contributed by atoms with van der Waals surface area (Å²) in [6.07, 6.45) is 0. The van der Waals surface area contributed by atoms with Crippen LogP contribution in [0.5, 0.6) is 11.5 Å². The first-order valence-electron chi connectivity index (χ1n) is 10.7. The molecule has 0 atom stereocenters. The van der Waals surface area contributed by atoms with Crippen molar-refractivity contribution in [1.82, 2.24) is 14.8 Å². The van der Waals surface area contributed by atoms with Crippen LogP contribution in [0.1, 0.15) is 43.6 Å². The SMILES string of the molecule is CCn1c(COc2cc(C)ccc2C(C)C)nnc1SCC(=O)Nc1cc(Cl)ccc1OC. The second-order valence-corrected chi connectivity index (χ2v) is 9.19. The molecule has 0 unspecified atom stereocenters. The Balaban J connectivity index is 1.65. The third-order valence-corrected chi connectivity index (χ3v) is 6.23. The van der Waals surface area contributed by atoms with Gasteiger partial charge in [-0.05, 0) is 55.2 Å². The molecule has 1 amide bonds. The minimum absolute atomic E-state index is 0.171. The van der Waals surface area contributed by atoms with Crippen LogP contribution >= 0.6 is 23.4 Å². The molecule has 0 aliphatic carbocycles. The maximum atomic E-state index is 12.5. The fraction of sp³-hybridized carbons (Fsp3) is 0.375. The highest BCUT2D eigenvalue weighted by atomic mass is 35.5. The highest BCUT2D eigenvalue weighted by Gasteiger charge is 2.16. The molecule has 0 saturated carbocycles. The van der Waals surface area contributed by atoms with Crippen molar-refractivity contribution in [2.75, 3.05) is 18.2 Å². The normalized spacial score (nSPS) is 11.0. The summed E-state index contributed by atoms with van der Waals surface area (Å²) in [5, 5.41) is 12.6. The lowest BCUT2D eigenvalue weighted by Gasteiger charge is -2.15. The predicted octanol–water partition coefficient (Wildman–Crippen LogP) is 5.70. The maximum Gasteiger partial charge on any atom is 0.234 e. The molecule has 0 saturated heterocycles. The lowest BCUT2D eigenvalue weighted by molar-refractivity contribution is -0.113. The molecule has 0 spiro atoms. The summed E-state index contributed by atoms with van der Waals surface area (Å²) in [5.74, 6) is 2.46. The number of halogens is 1. The van der Waals surface area contributed by atoms with Crippen molar-refractivity contribution in [2.45, 2.75) is 51.9 Å². The van der Waals surface area contributed by atoms with Crippen LogP contribution in [-0.4, -0.2) is 33.5 Å². The third kappa shape index (κ3) is 6.42. The monoisotopic (exact) mass is 488 g/mol. The van der Waals surface area contributed by atoms with Gasteiger partial charge >= 0.3 is 0 Å². The van der Waals surface area contributed by atoms with E-state index in [4.69, 9.17) is 21.1 Å². The fourth-order valence-corrected chi connectivity index (χ4v) is 4.32. The van der Waals surface area contributed by atoms with E-state index in [0.29, 0.717) is 46.5 Å². The molecular weight excluding hydrogens is 460 g/mol. The second-order valence-electron chi connectivity index (χ2n) is 7.81. The molecule has 0 fully saturated rings. The van der Waals surface area contributed by atoms with Crippen LogP contribution in [0.3, 0.4) is 0 Å².